The molecule has 0 spiro atoms. The van der Waals surface area contributed by atoms with Crippen molar-refractivity contribution in [1.82, 2.24) is 5.32 Å². The van der Waals surface area contributed by atoms with Crippen LogP contribution in [0.1, 0.15) is 19.3 Å². The molecule has 1 heterocycles. The molecule has 1 aliphatic rings. The van der Waals surface area contributed by atoms with Gasteiger partial charge in [-0.05, 0) is 37.6 Å². The predicted octanol–water partition coefficient (Wildman–Crippen LogP) is 2.01. The van der Waals surface area contributed by atoms with E-state index in [-0.39, 0.29) is 0 Å². The second kappa shape index (κ2) is 5.01. The van der Waals surface area contributed by atoms with Crippen LogP contribution in [0.5, 0.6) is 5.75 Å². The van der Waals surface area contributed by atoms with Crippen LogP contribution in [0.4, 0.5) is 0 Å². The van der Waals surface area contributed by atoms with E-state index in [1.165, 1.54) is 19.3 Å². The second-order valence-corrected chi connectivity index (χ2v) is 3.69. The molecule has 1 aromatic carbocycles. The minimum absolute atomic E-state index is 0.535. The molecular weight excluding hydrogens is 174 g/mol. The zero-order valence-electron chi connectivity index (χ0n) is 8.33. The number of hydrogen-bond acceptors (Lipinski definition) is 2. The molecule has 1 atom stereocenters. The van der Waals surface area contributed by atoms with E-state index in [4.69, 9.17) is 4.74 Å². The highest BCUT2D eigenvalue weighted by atomic mass is 16.5. The van der Waals surface area contributed by atoms with Crippen LogP contribution in [-0.2, 0) is 0 Å². The highest BCUT2D eigenvalue weighted by Gasteiger charge is 2.12. The Bertz CT molecular complexity index is 254. The van der Waals surface area contributed by atoms with Crippen molar-refractivity contribution in [2.75, 3.05) is 13.2 Å². The molecule has 75 valence electrons. The molecule has 0 aliphatic carbocycles. The van der Waals surface area contributed by atoms with Gasteiger partial charge in [-0.1, -0.05) is 18.6 Å². The van der Waals surface area contributed by atoms with Crippen molar-refractivity contribution in [3.8, 4) is 5.75 Å². The van der Waals surface area contributed by atoms with E-state index in [0.29, 0.717) is 6.04 Å². The van der Waals surface area contributed by atoms with Crippen LogP contribution in [0.2, 0.25) is 0 Å². The van der Waals surface area contributed by atoms with E-state index >= 15 is 0 Å². The molecule has 2 heteroatoms. The standard InChI is InChI=1S/C12H16NO/c1-2-7-12(8-3-1)14-10-11-6-4-5-9-13-11/h2-3,7-8,11,13H,4-6,9-10H2. The van der Waals surface area contributed by atoms with Gasteiger partial charge >= 0.3 is 0 Å². The molecule has 1 saturated heterocycles. The second-order valence-electron chi connectivity index (χ2n) is 3.69. The van der Waals surface area contributed by atoms with Gasteiger partial charge in [0.1, 0.15) is 12.4 Å². The summed E-state index contributed by atoms with van der Waals surface area (Å²) in [5.74, 6) is 0.941. The van der Waals surface area contributed by atoms with Crippen LogP contribution >= 0.6 is 0 Å². The largest absolute Gasteiger partial charge is 0.492 e. The summed E-state index contributed by atoms with van der Waals surface area (Å²) in [6.07, 6.45) is 3.86. The molecule has 1 unspecified atom stereocenters. The summed E-state index contributed by atoms with van der Waals surface area (Å²) < 4.78 is 5.66. The lowest BCUT2D eigenvalue weighted by atomic mass is 10.1. The lowest BCUT2D eigenvalue weighted by Gasteiger charge is -2.23. The predicted molar refractivity (Wildman–Crippen MR) is 56.4 cm³/mol. The Morgan fingerprint density at radius 1 is 1.36 bits per heavy atom. The minimum atomic E-state index is 0.535. The van der Waals surface area contributed by atoms with E-state index in [2.05, 4.69) is 11.4 Å². The van der Waals surface area contributed by atoms with Crippen molar-refractivity contribution >= 4 is 0 Å². The Balaban J connectivity index is 1.76. The van der Waals surface area contributed by atoms with Gasteiger partial charge in [-0.2, -0.15) is 0 Å². The summed E-state index contributed by atoms with van der Waals surface area (Å²) in [5.41, 5.74) is 0. The molecule has 0 amide bonds. The zero-order valence-corrected chi connectivity index (χ0v) is 8.33. The molecule has 2 nitrogen and oxygen atoms in total. The number of hydrogen-bond donors (Lipinski definition) is 1. The van der Waals surface area contributed by atoms with E-state index in [1.807, 2.05) is 24.3 Å². The first-order chi connectivity index (χ1) is 6.95. The first kappa shape index (κ1) is 9.53. The molecule has 1 radical (unpaired) electrons. The highest BCUT2D eigenvalue weighted by molar-refractivity contribution is 5.20. The van der Waals surface area contributed by atoms with E-state index in [9.17, 15) is 0 Å². The van der Waals surface area contributed by atoms with Gasteiger partial charge in [0.15, 0.2) is 0 Å². The summed E-state index contributed by atoms with van der Waals surface area (Å²) in [7, 11) is 0. The molecule has 0 bridgehead atoms. The maximum atomic E-state index is 5.66. The average molecular weight is 190 g/mol. The Morgan fingerprint density at radius 2 is 2.21 bits per heavy atom. The minimum Gasteiger partial charge on any atom is -0.492 e. The highest BCUT2D eigenvalue weighted by Crippen LogP contribution is 2.11. The monoisotopic (exact) mass is 190 g/mol. The third-order valence-electron chi connectivity index (χ3n) is 2.55. The smallest absolute Gasteiger partial charge is 0.119 e. The fourth-order valence-electron chi connectivity index (χ4n) is 1.73. The Morgan fingerprint density at radius 3 is 2.93 bits per heavy atom. The molecule has 1 aliphatic heterocycles. The fourth-order valence-corrected chi connectivity index (χ4v) is 1.73. The van der Waals surface area contributed by atoms with Crippen molar-refractivity contribution in [1.29, 1.82) is 0 Å². The van der Waals surface area contributed by atoms with Crippen LogP contribution in [0.3, 0.4) is 0 Å². The van der Waals surface area contributed by atoms with Crippen LogP contribution in [0.15, 0.2) is 24.3 Å². The number of ether oxygens (including phenoxy) is 1. The fraction of sp³-hybridized carbons (Fsp3) is 0.500. The van der Waals surface area contributed by atoms with Crippen molar-refractivity contribution in [3.05, 3.63) is 30.3 Å². The molecule has 0 aromatic heterocycles. The first-order valence-corrected chi connectivity index (χ1v) is 5.27. The van der Waals surface area contributed by atoms with Crippen LogP contribution < -0.4 is 10.1 Å². The quantitative estimate of drug-likeness (QED) is 0.787. The molecule has 14 heavy (non-hydrogen) atoms. The van der Waals surface area contributed by atoms with Crippen molar-refractivity contribution in [2.45, 2.75) is 25.3 Å². The molecule has 1 N–H and O–H groups in total. The van der Waals surface area contributed by atoms with Gasteiger partial charge < -0.3 is 10.1 Å². The van der Waals surface area contributed by atoms with Gasteiger partial charge in [0, 0.05) is 6.04 Å². The van der Waals surface area contributed by atoms with Crippen molar-refractivity contribution < 1.29 is 4.74 Å². The average Bonchev–Trinajstić information content (AvgIpc) is 2.29. The summed E-state index contributed by atoms with van der Waals surface area (Å²) >= 11 is 0. The topological polar surface area (TPSA) is 21.3 Å². The van der Waals surface area contributed by atoms with Gasteiger partial charge in [-0.25, -0.2) is 0 Å². The van der Waals surface area contributed by atoms with Gasteiger partial charge in [-0.3, -0.25) is 0 Å². The van der Waals surface area contributed by atoms with Gasteiger partial charge in [-0.15, -0.1) is 0 Å². The Labute approximate surface area is 85.3 Å². The normalized spacial score (nSPS) is 21.9. The number of benzene rings is 1. The summed E-state index contributed by atoms with van der Waals surface area (Å²) in [5, 5.41) is 3.46. The van der Waals surface area contributed by atoms with E-state index in [0.717, 1.165) is 18.9 Å². The number of piperidine rings is 1. The van der Waals surface area contributed by atoms with Gasteiger partial charge in [0.05, 0.1) is 0 Å². The van der Waals surface area contributed by atoms with E-state index < -0.39 is 0 Å². The Hall–Kier alpha value is -1.02. The molecular formula is C12H16NO. The lowest BCUT2D eigenvalue weighted by molar-refractivity contribution is 0.239. The van der Waals surface area contributed by atoms with Crippen molar-refractivity contribution in [3.63, 3.8) is 0 Å². The number of nitrogens with one attached hydrogen (secondary N) is 1. The number of rotatable bonds is 3. The summed E-state index contributed by atoms with van der Waals surface area (Å²) in [4.78, 5) is 0. The van der Waals surface area contributed by atoms with Crippen molar-refractivity contribution in [2.24, 2.45) is 0 Å². The first-order valence-electron chi connectivity index (χ1n) is 5.27. The Kier molecular flexibility index (Phi) is 3.41. The maximum Gasteiger partial charge on any atom is 0.119 e. The van der Waals surface area contributed by atoms with Gasteiger partial charge in [0.25, 0.3) is 0 Å². The molecule has 0 saturated carbocycles. The van der Waals surface area contributed by atoms with Crippen LogP contribution in [0, 0.1) is 6.07 Å². The third-order valence-corrected chi connectivity index (χ3v) is 2.55. The molecule has 2 rings (SSSR count). The third kappa shape index (κ3) is 2.74. The molecule has 1 fully saturated rings. The molecule has 1 aromatic rings. The van der Waals surface area contributed by atoms with E-state index in [1.54, 1.807) is 0 Å². The lowest BCUT2D eigenvalue weighted by Crippen LogP contribution is -2.38. The SMILES string of the molecule is [c]1ccc(OCC2CCCCN2)cc1. The summed E-state index contributed by atoms with van der Waals surface area (Å²) in [6, 6.07) is 11.2. The maximum absolute atomic E-state index is 5.66. The van der Waals surface area contributed by atoms with Crippen LogP contribution in [0.25, 0.3) is 0 Å². The zero-order chi connectivity index (χ0) is 9.64. The van der Waals surface area contributed by atoms with Crippen LogP contribution in [-0.4, -0.2) is 19.2 Å². The summed E-state index contributed by atoms with van der Waals surface area (Å²) in [6.45, 7) is 1.92. The van der Waals surface area contributed by atoms with Gasteiger partial charge in [0.2, 0.25) is 0 Å².